The lowest BCUT2D eigenvalue weighted by Gasteiger charge is -2.11. The van der Waals surface area contributed by atoms with Crippen molar-refractivity contribution < 1.29 is 9.53 Å². The van der Waals surface area contributed by atoms with Crippen molar-refractivity contribution in [3.63, 3.8) is 0 Å². The summed E-state index contributed by atoms with van der Waals surface area (Å²) in [7, 11) is 1.60. The topological polar surface area (TPSA) is 120 Å². The molecule has 0 saturated carbocycles. The summed E-state index contributed by atoms with van der Waals surface area (Å²) in [6, 6.07) is 20.2. The largest absolute Gasteiger partial charge is 0.480 e. The minimum atomic E-state index is 0.0243. The third kappa shape index (κ3) is 6.62. The molecule has 0 fully saturated rings. The number of methoxy groups -OCH3 is 1. The van der Waals surface area contributed by atoms with Gasteiger partial charge < -0.3 is 20.7 Å². The number of hydrogen-bond donors (Lipinski definition) is 5. The molecule has 0 saturated heterocycles. The molecule has 5 aromatic rings. The fraction of sp³-hybridized carbons (Fsp3) is 0.233. The van der Waals surface area contributed by atoms with E-state index in [2.05, 4.69) is 48.5 Å². The SMILES string of the molecule is COc1n[nH]cc1-c1cc(NCCCNC(=O)CCNCc2ccc(-c3ccccc3)c(Cl)c2)c2cn[nH]c2c1. The summed E-state index contributed by atoms with van der Waals surface area (Å²) >= 11 is 6.50. The van der Waals surface area contributed by atoms with Crippen LogP contribution in [0.2, 0.25) is 5.02 Å². The molecule has 2 aromatic heterocycles. The number of aromatic nitrogens is 4. The van der Waals surface area contributed by atoms with Crippen LogP contribution in [0.15, 0.2) is 73.1 Å². The Morgan fingerprint density at radius 3 is 2.70 bits per heavy atom. The molecule has 10 heteroatoms. The molecular weight excluding hydrogens is 526 g/mol. The fourth-order valence-electron chi connectivity index (χ4n) is 4.58. The molecule has 1 amide bonds. The van der Waals surface area contributed by atoms with E-state index in [1.54, 1.807) is 19.5 Å². The van der Waals surface area contributed by atoms with Crippen LogP contribution in [-0.2, 0) is 11.3 Å². The number of carbonyl (C=O) groups excluding carboxylic acids is 1. The van der Waals surface area contributed by atoms with Gasteiger partial charge in [0.2, 0.25) is 11.8 Å². The zero-order valence-corrected chi connectivity index (χ0v) is 23.0. The average Bonchev–Trinajstić information content (AvgIpc) is 3.65. The molecule has 2 heterocycles. The number of halogens is 1. The van der Waals surface area contributed by atoms with E-state index >= 15 is 0 Å². The number of rotatable bonds is 13. The first-order chi connectivity index (χ1) is 19.6. The number of nitrogens with one attached hydrogen (secondary N) is 5. The number of aromatic amines is 2. The zero-order chi connectivity index (χ0) is 27.7. The molecule has 0 aliphatic carbocycles. The molecular formula is C30H32ClN7O2. The van der Waals surface area contributed by atoms with E-state index < -0.39 is 0 Å². The normalized spacial score (nSPS) is 11.1. The van der Waals surface area contributed by atoms with Gasteiger partial charge in [0.25, 0.3) is 0 Å². The Labute approximate surface area is 237 Å². The van der Waals surface area contributed by atoms with Gasteiger partial charge in [-0.3, -0.25) is 15.0 Å². The van der Waals surface area contributed by atoms with Crippen molar-refractivity contribution in [3.05, 3.63) is 83.6 Å². The second-order valence-corrected chi connectivity index (χ2v) is 9.81. The van der Waals surface area contributed by atoms with Crippen molar-refractivity contribution in [2.75, 3.05) is 32.1 Å². The molecule has 5 rings (SSSR count). The van der Waals surface area contributed by atoms with Gasteiger partial charge in [-0.25, -0.2) is 0 Å². The fourth-order valence-corrected chi connectivity index (χ4v) is 4.89. The van der Waals surface area contributed by atoms with Crippen molar-refractivity contribution in [2.24, 2.45) is 0 Å². The number of ether oxygens (including phenoxy) is 1. The number of benzene rings is 3. The summed E-state index contributed by atoms with van der Waals surface area (Å²) in [5, 5.41) is 25.7. The number of carbonyl (C=O) groups is 1. The van der Waals surface area contributed by atoms with Crippen LogP contribution in [0.1, 0.15) is 18.4 Å². The average molecular weight is 558 g/mol. The Kier molecular flexibility index (Phi) is 8.95. The first-order valence-electron chi connectivity index (χ1n) is 13.2. The Morgan fingerprint density at radius 2 is 1.88 bits per heavy atom. The standard InChI is InChI=1S/C30H32ClN7O2/c1-40-30-24(18-36-38-30)22-15-27(25-19-35-37-28(25)16-22)33-11-5-12-34-29(39)10-13-32-17-20-8-9-23(26(31)14-20)21-6-3-2-4-7-21/h2-4,6-9,14-16,18-19,32-33H,5,10-13,17H2,1H3,(H,34,39)(H,35,37)(H,36,38). The smallest absolute Gasteiger partial charge is 0.240 e. The molecule has 5 N–H and O–H groups in total. The van der Waals surface area contributed by atoms with E-state index in [4.69, 9.17) is 16.3 Å². The molecule has 0 aliphatic heterocycles. The first kappa shape index (κ1) is 27.2. The quantitative estimate of drug-likeness (QED) is 0.124. The highest BCUT2D eigenvalue weighted by Crippen LogP contribution is 2.34. The zero-order valence-electron chi connectivity index (χ0n) is 22.3. The van der Waals surface area contributed by atoms with E-state index in [1.807, 2.05) is 48.5 Å². The van der Waals surface area contributed by atoms with Gasteiger partial charge in [-0.2, -0.15) is 5.10 Å². The summed E-state index contributed by atoms with van der Waals surface area (Å²) < 4.78 is 5.35. The van der Waals surface area contributed by atoms with E-state index in [0.29, 0.717) is 38.5 Å². The van der Waals surface area contributed by atoms with E-state index in [9.17, 15) is 4.79 Å². The molecule has 9 nitrogen and oxygen atoms in total. The van der Waals surface area contributed by atoms with E-state index in [0.717, 1.165) is 55.9 Å². The Hall–Kier alpha value is -4.34. The van der Waals surface area contributed by atoms with Gasteiger partial charge >= 0.3 is 0 Å². The van der Waals surface area contributed by atoms with Crippen molar-refractivity contribution >= 4 is 34.1 Å². The Bertz CT molecular complexity index is 1570. The monoisotopic (exact) mass is 557 g/mol. The summed E-state index contributed by atoms with van der Waals surface area (Å²) in [5.74, 6) is 0.558. The number of amides is 1. The number of hydrogen-bond acceptors (Lipinski definition) is 6. The number of fused-ring (bicyclic) bond motifs is 1. The maximum Gasteiger partial charge on any atom is 0.240 e. The highest BCUT2D eigenvalue weighted by Gasteiger charge is 2.13. The third-order valence-corrected chi connectivity index (χ3v) is 6.95. The van der Waals surface area contributed by atoms with Gasteiger partial charge in [0.05, 0.1) is 24.4 Å². The minimum absolute atomic E-state index is 0.0243. The minimum Gasteiger partial charge on any atom is -0.480 e. The van der Waals surface area contributed by atoms with Crippen LogP contribution in [0.25, 0.3) is 33.2 Å². The van der Waals surface area contributed by atoms with Crippen LogP contribution in [-0.4, -0.2) is 53.0 Å². The lowest BCUT2D eigenvalue weighted by Crippen LogP contribution is -2.29. The molecule has 0 radical (unpaired) electrons. The van der Waals surface area contributed by atoms with Gasteiger partial charge in [-0.1, -0.05) is 54.1 Å². The van der Waals surface area contributed by atoms with Crippen LogP contribution in [0.3, 0.4) is 0 Å². The third-order valence-electron chi connectivity index (χ3n) is 6.64. The van der Waals surface area contributed by atoms with Crippen LogP contribution in [0, 0.1) is 0 Å². The van der Waals surface area contributed by atoms with Gasteiger partial charge in [-0.15, -0.1) is 5.10 Å². The number of anilines is 1. The second-order valence-electron chi connectivity index (χ2n) is 9.40. The van der Waals surface area contributed by atoms with Crippen molar-refractivity contribution in [3.8, 4) is 28.1 Å². The maximum absolute atomic E-state index is 12.3. The summed E-state index contributed by atoms with van der Waals surface area (Å²) in [5.41, 5.74) is 6.89. The van der Waals surface area contributed by atoms with Crippen molar-refractivity contribution in [2.45, 2.75) is 19.4 Å². The number of nitrogens with zero attached hydrogens (tertiary/aromatic N) is 2. The lowest BCUT2D eigenvalue weighted by molar-refractivity contribution is -0.120. The molecule has 206 valence electrons. The van der Waals surface area contributed by atoms with E-state index in [1.165, 1.54) is 0 Å². The predicted molar refractivity (Wildman–Crippen MR) is 160 cm³/mol. The molecule has 0 spiro atoms. The summed E-state index contributed by atoms with van der Waals surface area (Å²) in [4.78, 5) is 12.3. The van der Waals surface area contributed by atoms with Gasteiger partial charge in [-0.05, 0) is 41.3 Å². The second kappa shape index (κ2) is 13.1. The Balaban J connectivity index is 1.03. The molecule has 0 aliphatic rings. The maximum atomic E-state index is 12.3. The molecule has 0 unspecified atom stereocenters. The molecule has 0 atom stereocenters. The van der Waals surface area contributed by atoms with Crippen LogP contribution < -0.4 is 20.7 Å². The predicted octanol–water partition coefficient (Wildman–Crippen LogP) is 5.38. The molecule has 3 aromatic carbocycles. The lowest BCUT2D eigenvalue weighted by atomic mass is 10.0. The summed E-state index contributed by atoms with van der Waals surface area (Å²) in [6.45, 7) is 2.53. The molecule has 0 bridgehead atoms. The van der Waals surface area contributed by atoms with Gasteiger partial charge in [0.15, 0.2) is 0 Å². The van der Waals surface area contributed by atoms with Crippen molar-refractivity contribution in [1.29, 1.82) is 0 Å². The highest BCUT2D eigenvalue weighted by molar-refractivity contribution is 6.33. The van der Waals surface area contributed by atoms with Crippen LogP contribution in [0.5, 0.6) is 5.88 Å². The Morgan fingerprint density at radius 1 is 1.00 bits per heavy atom. The number of H-pyrrole nitrogens is 2. The highest BCUT2D eigenvalue weighted by atomic mass is 35.5. The van der Waals surface area contributed by atoms with Gasteiger partial charge in [0, 0.05) is 60.5 Å². The van der Waals surface area contributed by atoms with E-state index in [-0.39, 0.29) is 5.91 Å². The summed E-state index contributed by atoms with van der Waals surface area (Å²) in [6.07, 6.45) is 4.80. The molecule has 40 heavy (non-hydrogen) atoms. The van der Waals surface area contributed by atoms with Crippen LogP contribution in [0.4, 0.5) is 5.69 Å². The van der Waals surface area contributed by atoms with Gasteiger partial charge in [0.1, 0.15) is 0 Å². The van der Waals surface area contributed by atoms with Crippen molar-refractivity contribution in [1.82, 2.24) is 31.0 Å². The van der Waals surface area contributed by atoms with Crippen LogP contribution >= 0.6 is 11.6 Å². The first-order valence-corrected chi connectivity index (χ1v) is 13.6.